The Hall–Kier alpha value is -3.60. The number of anilines is 1. The fourth-order valence-corrected chi connectivity index (χ4v) is 5.56. The van der Waals surface area contributed by atoms with E-state index in [2.05, 4.69) is 48.2 Å². The molecule has 3 aromatic carbocycles. The number of aryl methyl sites for hydroxylation is 2. The van der Waals surface area contributed by atoms with Gasteiger partial charge in [-0.25, -0.2) is 0 Å². The normalized spacial score (nSPS) is 20.2. The first-order valence-corrected chi connectivity index (χ1v) is 12.5. The molecule has 2 atom stereocenters. The van der Waals surface area contributed by atoms with Crippen LogP contribution in [0.2, 0.25) is 0 Å². The van der Waals surface area contributed by atoms with Gasteiger partial charge in [0.15, 0.2) is 0 Å². The molecule has 3 aromatic rings. The monoisotopic (exact) mass is 467 g/mol. The van der Waals surface area contributed by atoms with Crippen molar-refractivity contribution in [1.82, 2.24) is 9.80 Å². The molecule has 180 valence electrons. The molecule has 0 aromatic heterocycles. The van der Waals surface area contributed by atoms with Gasteiger partial charge in [-0.05, 0) is 42.7 Å². The number of rotatable bonds is 4. The zero-order valence-corrected chi connectivity index (χ0v) is 20.6. The highest BCUT2D eigenvalue weighted by Crippen LogP contribution is 2.35. The second kappa shape index (κ2) is 9.95. The summed E-state index contributed by atoms with van der Waals surface area (Å²) in [6.45, 7) is 8.19. The average Bonchev–Trinajstić information content (AvgIpc) is 3.35. The molecule has 0 N–H and O–H groups in total. The van der Waals surface area contributed by atoms with E-state index in [0.717, 1.165) is 29.8 Å². The molecule has 35 heavy (non-hydrogen) atoms. The highest BCUT2D eigenvalue weighted by atomic mass is 16.2. The molecule has 5 nitrogen and oxygen atoms in total. The first-order chi connectivity index (χ1) is 17.0. The standard InChI is InChI=1S/C30H33N3O2/c1-22-10-6-8-14-25(22)29(34)33-20-26(24-12-4-3-5-13-24)27(21-33)30(35)32-18-16-31(17-19-32)28-15-9-7-11-23(28)2/h3-15,26-27H,16-21H2,1-2H3. The number of carbonyl (C=O) groups is 2. The molecular weight excluding hydrogens is 434 g/mol. The molecule has 5 heteroatoms. The van der Waals surface area contributed by atoms with E-state index >= 15 is 0 Å². The Morgan fingerprint density at radius 2 is 1.31 bits per heavy atom. The third-order valence-electron chi connectivity index (χ3n) is 7.57. The van der Waals surface area contributed by atoms with Crippen LogP contribution in [0.15, 0.2) is 78.9 Å². The van der Waals surface area contributed by atoms with Gasteiger partial charge in [0.25, 0.3) is 5.91 Å². The van der Waals surface area contributed by atoms with Gasteiger partial charge in [-0.1, -0.05) is 66.7 Å². The SMILES string of the molecule is Cc1ccccc1C(=O)N1CC(C(=O)N2CCN(c3ccccc3C)CC2)C(c2ccccc2)C1. The van der Waals surface area contributed by atoms with Crippen LogP contribution in [0.1, 0.15) is 33.0 Å². The predicted molar refractivity (Wildman–Crippen MR) is 140 cm³/mol. The van der Waals surface area contributed by atoms with Gasteiger partial charge >= 0.3 is 0 Å². The third-order valence-corrected chi connectivity index (χ3v) is 7.57. The Morgan fingerprint density at radius 1 is 0.686 bits per heavy atom. The number of hydrogen-bond donors (Lipinski definition) is 0. The molecule has 0 saturated carbocycles. The molecule has 0 radical (unpaired) electrons. The number of para-hydroxylation sites is 1. The van der Waals surface area contributed by atoms with E-state index in [1.54, 1.807) is 0 Å². The summed E-state index contributed by atoms with van der Waals surface area (Å²) in [6.07, 6.45) is 0. The highest BCUT2D eigenvalue weighted by molar-refractivity contribution is 5.96. The van der Waals surface area contributed by atoms with E-state index in [4.69, 9.17) is 0 Å². The Bertz CT molecular complexity index is 1200. The van der Waals surface area contributed by atoms with Crippen molar-refractivity contribution in [1.29, 1.82) is 0 Å². The van der Waals surface area contributed by atoms with Crippen LogP contribution in [0.5, 0.6) is 0 Å². The maximum Gasteiger partial charge on any atom is 0.254 e. The van der Waals surface area contributed by atoms with Gasteiger partial charge in [0.05, 0.1) is 5.92 Å². The lowest BCUT2D eigenvalue weighted by molar-refractivity contribution is -0.135. The molecule has 0 bridgehead atoms. The van der Waals surface area contributed by atoms with Gasteiger partial charge in [-0.3, -0.25) is 9.59 Å². The van der Waals surface area contributed by atoms with Crippen molar-refractivity contribution >= 4 is 17.5 Å². The van der Waals surface area contributed by atoms with Gasteiger partial charge in [-0.15, -0.1) is 0 Å². The summed E-state index contributed by atoms with van der Waals surface area (Å²) in [4.78, 5) is 33.5. The van der Waals surface area contributed by atoms with Gasteiger partial charge in [0, 0.05) is 56.4 Å². The lowest BCUT2D eigenvalue weighted by Crippen LogP contribution is -2.51. The minimum atomic E-state index is -0.227. The second-order valence-electron chi connectivity index (χ2n) is 9.75. The molecule has 0 aliphatic carbocycles. The highest BCUT2D eigenvalue weighted by Gasteiger charge is 2.42. The van der Waals surface area contributed by atoms with Crippen molar-refractivity contribution in [2.24, 2.45) is 5.92 Å². The van der Waals surface area contributed by atoms with E-state index < -0.39 is 0 Å². The van der Waals surface area contributed by atoms with Crippen LogP contribution < -0.4 is 4.90 Å². The summed E-state index contributed by atoms with van der Waals surface area (Å²) in [6, 6.07) is 26.3. The van der Waals surface area contributed by atoms with Crippen molar-refractivity contribution < 1.29 is 9.59 Å². The summed E-state index contributed by atoms with van der Waals surface area (Å²) in [5.41, 5.74) is 5.33. The maximum absolute atomic E-state index is 13.8. The van der Waals surface area contributed by atoms with Gasteiger partial charge in [-0.2, -0.15) is 0 Å². The molecule has 2 heterocycles. The van der Waals surface area contributed by atoms with Crippen LogP contribution in [-0.4, -0.2) is 60.9 Å². The van der Waals surface area contributed by atoms with Gasteiger partial charge < -0.3 is 14.7 Å². The maximum atomic E-state index is 13.8. The predicted octanol–water partition coefficient (Wildman–Crippen LogP) is 4.51. The summed E-state index contributed by atoms with van der Waals surface area (Å²) in [5.74, 6) is -0.0338. The minimum Gasteiger partial charge on any atom is -0.368 e. The van der Waals surface area contributed by atoms with Crippen molar-refractivity contribution in [3.8, 4) is 0 Å². The average molecular weight is 468 g/mol. The van der Waals surface area contributed by atoms with E-state index in [1.165, 1.54) is 11.3 Å². The molecular formula is C30H33N3O2. The molecule has 2 aliphatic rings. The van der Waals surface area contributed by atoms with Crippen LogP contribution in [-0.2, 0) is 4.79 Å². The van der Waals surface area contributed by atoms with E-state index in [9.17, 15) is 9.59 Å². The molecule has 2 saturated heterocycles. The van der Waals surface area contributed by atoms with Crippen LogP contribution >= 0.6 is 0 Å². The summed E-state index contributed by atoms with van der Waals surface area (Å²) in [7, 11) is 0. The van der Waals surface area contributed by atoms with Crippen molar-refractivity contribution in [3.05, 3.63) is 101 Å². The smallest absolute Gasteiger partial charge is 0.254 e. The van der Waals surface area contributed by atoms with Gasteiger partial charge in [0.2, 0.25) is 5.91 Å². The van der Waals surface area contributed by atoms with E-state index in [1.807, 2.05) is 59.2 Å². The number of likely N-dealkylation sites (tertiary alicyclic amines) is 1. The minimum absolute atomic E-state index is 0.00562. The number of hydrogen-bond acceptors (Lipinski definition) is 3. The molecule has 0 spiro atoms. The summed E-state index contributed by atoms with van der Waals surface area (Å²) >= 11 is 0. The van der Waals surface area contributed by atoms with Crippen LogP contribution in [0.3, 0.4) is 0 Å². The zero-order chi connectivity index (χ0) is 24.4. The number of carbonyl (C=O) groups excluding carboxylic acids is 2. The van der Waals surface area contributed by atoms with Crippen LogP contribution in [0, 0.1) is 19.8 Å². The lowest BCUT2D eigenvalue weighted by Gasteiger charge is -2.38. The first-order valence-electron chi connectivity index (χ1n) is 12.5. The Kier molecular flexibility index (Phi) is 6.58. The fourth-order valence-electron chi connectivity index (χ4n) is 5.56. The molecule has 2 aliphatic heterocycles. The molecule has 2 unspecified atom stereocenters. The third kappa shape index (κ3) is 4.68. The largest absolute Gasteiger partial charge is 0.368 e. The van der Waals surface area contributed by atoms with Gasteiger partial charge in [0.1, 0.15) is 0 Å². The van der Waals surface area contributed by atoms with Crippen LogP contribution in [0.25, 0.3) is 0 Å². The number of nitrogens with zero attached hydrogens (tertiary/aromatic N) is 3. The van der Waals surface area contributed by atoms with E-state index in [0.29, 0.717) is 26.2 Å². The summed E-state index contributed by atoms with van der Waals surface area (Å²) < 4.78 is 0. The number of piperazine rings is 1. The topological polar surface area (TPSA) is 43.9 Å². The molecule has 2 amide bonds. The van der Waals surface area contributed by atoms with Crippen LogP contribution in [0.4, 0.5) is 5.69 Å². The van der Waals surface area contributed by atoms with Crippen molar-refractivity contribution in [3.63, 3.8) is 0 Å². The number of benzene rings is 3. The van der Waals surface area contributed by atoms with Crippen molar-refractivity contribution in [2.45, 2.75) is 19.8 Å². The zero-order valence-electron chi connectivity index (χ0n) is 20.6. The Morgan fingerprint density at radius 3 is 2.00 bits per heavy atom. The second-order valence-corrected chi connectivity index (χ2v) is 9.75. The van der Waals surface area contributed by atoms with Crippen molar-refractivity contribution in [2.75, 3.05) is 44.2 Å². The fraction of sp³-hybridized carbons (Fsp3) is 0.333. The Balaban J connectivity index is 1.34. The van der Waals surface area contributed by atoms with E-state index in [-0.39, 0.29) is 23.7 Å². The summed E-state index contributed by atoms with van der Waals surface area (Å²) in [5, 5.41) is 0. The quantitative estimate of drug-likeness (QED) is 0.567. The molecule has 2 fully saturated rings. The first kappa shape index (κ1) is 23.2. The lowest BCUT2D eigenvalue weighted by atomic mass is 9.88. The number of amides is 2. The Labute approximate surface area is 208 Å². The molecule has 5 rings (SSSR count).